The molecule has 4 rings (SSSR count). The Bertz CT molecular complexity index is 1270. The molecule has 0 radical (unpaired) electrons. The summed E-state index contributed by atoms with van der Waals surface area (Å²) in [7, 11) is 0. The predicted octanol–water partition coefficient (Wildman–Crippen LogP) is 9.67. The lowest BCUT2D eigenvalue weighted by Crippen LogP contribution is -2.17. The highest BCUT2D eigenvalue weighted by Gasteiger charge is 2.30. The highest BCUT2D eigenvalue weighted by atomic mass is 14.3. The van der Waals surface area contributed by atoms with Crippen LogP contribution in [0.25, 0.3) is 11.1 Å². The molecule has 3 aromatic carbocycles. The second-order valence-electron chi connectivity index (χ2n) is 11.8. The lowest BCUT2D eigenvalue weighted by atomic mass is 9.80. The van der Waals surface area contributed by atoms with E-state index in [4.69, 9.17) is 6.42 Å². The quantitative estimate of drug-likeness (QED) is 0.262. The third kappa shape index (κ3) is 6.04. The van der Waals surface area contributed by atoms with Crippen molar-refractivity contribution in [3.63, 3.8) is 0 Å². The van der Waals surface area contributed by atoms with Crippen LogP contribution in [0.15, 0.2) is 48.5 Å². The van der Waals surface area contributed by atoms with E-state index in [0.29, 0.717) is 0 Å². The first-order valence-corrected chi connectivity index (χ1v) is 14.7. The topological polar surface area (TPSA) is 0 Å². The van der Waals surface area contributed by atoms with Gasteiger partial charge in [0.2, 0.25) is 0 Å². The molecule has 2 unspecified atom stereocenters. The van der Waals surface area contributed by atoms with Crippen LogP contribution in [0.5, 0.6) is 0 Å². The minimum atomic E-state index is 0.785. The van der Waals surface area contributed by atoms with Gasteiger partial charge in [-0.05, 0) is 121 Å². The summed E-state index contributed by atoms with van der Waals surface area (Å²) >= 11 is 0. The van der Waals surface area contributed by atoms with Gasteiger partial charge in [-0.3, -0.25) is 0 Å². The van der Waals surface area contributed by atoms with Crippen molar-refractivity contribution < 1.29 is 0 Å². The van der Waals surface area contributed by atoms with Gasteiger partial charge in [0.05, 0.1) is 0 Å². The van der Waals surface area contributed by atoms with Crippen LogP contribution in [0.2, 0.25) is 0 Å². The minimum Gasteiger partial charge on any atom is -0.115 e. The van der Waals surface area contributed by atoms with E-state index < -0.39 is 0 Å². The average Bonchev–Trinajstić information content (AvgIpc) is 3.35. The zero-order valence-electron chi connectivity index (χ0n) is 24.1. The van der Waals surface area contributed by atoms with Crippen molar-refractivity contribution in [3.05, 3.63) is 93.0 Å². The van der Waals surface area contributed by atoms with Crippen LogP contribution in [-0.2, 0) is 25.7 Å². The predicted molar refractivity (Wildman–Crippen MR) is 161 cm³/mol. The zero-order valence-corrected chi connectivity index (χ0v) is 24.1. The molecule has 3 aromatic rings. The first-order valence-electron chi connectivity index (χ1n) is 14.7. The molecule has 37 heavy (non-hydrogen) atoms. The highest BCUT2D eigenvalue weighted by molar-refractivity contribution is 5.74. The molecule has 0 spiro atoms. The van der Waals surface area contributed by atoms with Gasteiger partial charge in [-0.2, -0.15) is 0 Å². The lowest BCUT2D eigenvalue weighted by Gasteiger charge is -2.25. The molecule has 1 aliphatic carbocycles. The fourth-order valence-corrected chi connectivity index (χ4v) is 6.91. The molecule has 1 saturated carbocycles. The van der Waals surface area contributed by atoms with Crippen LogP contribution in [0, 0.1) is 43.9 Å². The van der Waals surface area contributed by atoms with Gasteiger partial charge in [-0.25, -0.2) is 0 Å². The Hall–Kier alpha value is -2.78. The Morgan fingerprint density at radius 3 is 2.43 bits per heavy atom. The molecule has 0 bridgehead atoms. The third-order valence-electron chi connectivity index (χ3n) is 8.88. The molecule has 0 amide bonds. The molecule has 0 heterocycles. The normalized spacial score (nSPS) is 17.4. The maximum atomic E-state index is 5.85. The molecule has 0 saturated heterocycles. The molecule has 0 aliphatic heterocycles. The van der Waals surface area contributed by atoms with Gasteiger partial charge in [0.25, 0.3) is 0 Å². The Morgan fingerprint density at radius 1 is 0.919 bits per heavy atom. The van der Waals surface area contributed by atoms with E-state index in [-0.39, 0.29) is 0 Å². The number of aryl methyl sites for hydroxylation is 2. The van der Waals surface area contributed by atoms with Crippen molar-refractivity contribution in [1.29, 1.82) is 0 Å². The molecule has 0 heteroatoms. The fraction of sp³-hybridized carbons (Fsp3) is 0.459. The van der Waals surface area contributed by atoms with Crippen molar-refractivity contribution in [3.8, 4) is 23.5 Å². The molecule has 0 N–H and O–H groups in total. The number of terminal acetylenes is 1. The van der Waals surface area contributed by atoms with E-state index in [0.717, 1.165) is 49.0 Å². The lowest BCUT2D eigenvalue weighted by molar-refractivity contribution is 0.294. The molecule has 1 fully saturated rings. The highest BCUT2D eigenvalue weighted by Crippen LogP contribution is 2.40. The van der Waals surface area contributed by atoms with Crippen LogP contribution < -0.4 is 0 Å². The van der Waals surface area contributed by atoms with Crippen molar-refractivity contribution in [2.75, 3.05) is 0 Å². The van der Waals surface area contributed by atoms with Gasteiger partial charge in [-0.1, -0.05) is 94.5 Å². The summed E-state index contributed by atoms with van der Waals surface area (Å²) in [4.78, 5) is 0. The van der Waals surface area contributed by atoms with Crippen molar-refractivity contribution >= 4 is 0 Å². The maximum Gasteiger partial charge on any atom is 0.0277 e. The van der Waals surface area contributed by atoms with E-state index in [2.05, 4.69) is 96.0 Å². The summed E-state index contributed by atoms with van der Waals surface area (Å²) in [5.41, 5.74) is 13.8. The number of hydrogen-bond donors (Lipinski definition) is 0. The molecule has 194 valence electrons. The minimum absolute atomic E-state index is 0.785. The molecule has 0 aromatic heterocycles. The van der Waals surface area contributed by atoms with Crippen LogP contribution in [-0.4, -0.2) is 0 Å². The Morgan fingerprint density at radius 2 is 1.73 bits per heavy atom. The van der Waals surface area contributed by atoms with E-state index in [1.807, 2.05) is 0 Å². The second kappa shape index (κ2) is 12.2. The second-order valence-corrected chi connectivity index (χ2v) is 11.8. The van der Waals surface area contributed by atoms with E-state index in [9.17, 15) is 0 Å². The van der Waals surface area contributed by atoms with Crippen molar-refractivity contribution in [2.45, 2.75) is 92.9 Å². The van der Waals surface area contributed by atoms with Gasteiger partial charge in [0.15, 0.2) is 0 Å². The Labute approximate surface area is 226 Å². The fourth-order valence-electron chi connectivity index (χ4n) is 6.91. The summed E-state index contributed by atoms with van der Waals surface area (Å²) in [5, 5.41) is 0. The first kappa shape index (κ1) is 27.3. The van der Waals surface area contributed by atoms with Gasteiger partial charge in [-0.15, -0.1) is 6.42 Å². The molecular weight excluding hydrogens is 444 g/mol. The summed E-state index contributed by atoms with van der Waals surface area (Å²) in [5.74, 6) is 5.40. The maximum absolute atomic E-state index is 5.85. The van der Waals surface area contributed by atoms with Gasteiger partial charge >= 0.3 is 0 Å². The molecule has 1 aliphatic rings. The average molecular weight is 491 g/mol. The SMILES string of the molecule is C#Cc1cc(Cc2cc(C)cc(-c3cccc(CC4CCCC4C(C)C)c3C)c2CCC)ccc1CC. The third-order valence-corrected chi connectivity index (χ3v) is 8.88. The van der Waals surface area contributed by atoms with Crippen molar-refractivity contribution in [2.24, 2.45) is 17.8 Å². The van der Waals surface area contributed by atoms with Crippen LogP contribution in [0.1, 0.15) is 97.9 Å². The summed E-state index contributed by atoms with van der Waals surface area (Å²) < 4.78 is 0. The monoisotopic (exact) mass is 490 g/mol. The largest absolute Gasteiger partial charge is 0.115 e. The number of rotatable bonds is 9. The van der Waals surface area contributed by atoms with E-state index in [1.54, 1.807) is 5.56 Å². The van der Waals surface area contributed by atoms with Crippen LogP contribution >= 0.6 is 0 Å². The Kier molecular flexibility index (Phi) is 8.97. The van der Waals surface area contributed by atoms with Crippen LogP contribution in [0.4, 0.5) is 0 Å². The summed E-state index contributed by atoms with van der Waals surface area (Å²) in [6.45, 7) is 13.9. The van der Waals surface area contributed by atoms with Crippen LogP contribution in [0.3, 0.4) is 0 Å². The van der Waals surface area contributed by atoms with Gasteiger partial charge in [0, 0.05) is 5.56 Å². The first-order chi connectivity index (χ1) is 17.9. The number of hydrogen-bond acceptors (Lipinski definition) is 0. The molecule has 2 atom stereocenters. The molecule has 0 nitrogen and oxygen atoms in total. The summed E-state index contributed by atoms with van der Waals surface area (Å²) in [6.07, 6.45) is 15.4. The smallest absolute Gasteiger partial charge is 0.0277 e. The molecular formula is C37H46. The summed E-state index contributed by atoms with van der Waals surface area (Å²) in [6, 6.07) is 18.6. The van der Waals surface area contributed by atoms with E-state index in [1.165, 1.54) is 70.2 Å². The number of benzene rings is 3. The van der Waals surface area contributed by atoms with Gasteiger partial charge in [0.1, 0.15) is 0 Å². The zero-order chi connectivity index (χ0) is 26.5. The Balaban J connectivity index is 1.74. The van der Waals surface area contributed by atoms with E-state index >= 15 is 0 Å². The van der Waals surface area contributed by atoms with Gasteiger partial charge < -0.3 is 0 Å². The van der Waals surface area contributed by atoms with Crippen molar-refractivity contribution in [1.82, 2.24) is 0 Å². The standard InChI is InChI=1S/C37H46/c1-8-13-36-33(23-28-18-19-29(9-2)30(10-3)22-28)20-26(6)21-37(36)35-17-11-14-31(27(35)7)24-32-15-12-16-34(32)25(4)5/h3,11,14,17-22,25,32,34H,8-9,12-13,15-16,23-24H2,1-2,4-7H3.